The predicted molar refractivity (Wildman–Crippen MR) is 64.6 cm³/mol. The molecule has 2 nitrogen and oxygen atoms in total. The maximum atomic E-state index is 5.32. The van der Waals surface area contributed by atoms with Gasteiger partial charge >= 0.3 is 0 Å². The van der Waals surface area contributed by atoms with E-state index in [2.05, 4.69) is 11.6 Å². The van der Waals surface area contributed by atoms with Crippen molar-refractivity contribution in [3.05, 3.63) is 48.9 Å². The van der Waals surface area contributed by atoms with E-state index >= 15 is 0 Å². The van der Waals surface area contributed by atoms with E-state index in [4.69, 9.17) is 4.74 Å². The van der Waals surface area contributed by atoms with Crippen LogP contribution in [0.3, 0.4) is 0 Å². The number of fused-ring (bicyclic) bond motifs is 1. The molecule has 0 atom stereocenters. The summed E-state index contributed by atoms with van der Waals surface area (Å²) in [7, 11) is 0. The third-order valence-corrected chi connectivity index (χ3v) is 2.02. The average molecular weight is 222 g/mol. The van der Waals surface area contributed by atoms with Crippen LogP contribution in [0.1, 0.15) is 5.69 Å². The molecule has 2 rings (SSSR count). The number of para-hydroxylation sites is 1. The van der Waals surface area contributed by atoms with Crippen molar-refractivity contribution < 1.29 is 4.74 Å². The molecule has 0 N–H and O–H groups in total. The molecule has 0 saturated carbocycles. The molecular weight excluding hydrogens is 210 g/mol. The summed E-state index contributed by atoms with van der Waals surface area (Å²) in [6.45, 7) is 5.50. The van der Waals surface area contributed by atoms with Gasteiger partial charge in [-0.3, -0.25) is 4.98 Å². The van der Waals surface area contributed by atoms with Gasteiger partial charge in [-0.1, -0.05) is 18.7 Å². The number of hydrogen-bond donors (Lipinski definition) is 0. The monoisotopic (exact) mass is 221 g/mol. The number of rotatable bonds is 2. The lowest BCUT2D eigenvalue weighted by atomic mass is 10.2. The number of benzene rings is 1. The largest absolute Gasteiger partial charge is 0.465 e. The van der Waals surface area contributed by atoms with Crippen molar-refractivity contribution >= 4 is 23.3 Å². The first-order valence-electron chi connectivity index (χ1n) is 4.45. The van der Waals surface area contributed by atoms with Crippen LogP contribution in [-0.4, -0.2) is 4.98 Å². The van der Waals surface area contributed by atoms with Gasteiger partial charge in [0.2, 0.25) is 0 Å². The van der Waals surface area contributed by atoms with E-state index in [1.54, 1.807) is 0 Å². The van der Waals surface area contributed by atoms with Gasteiger partial charge in [-0.05, 0) is 19.1 Å². The molecule has 0 fully saturated rings. The van der Waals surface area contributed by atoms with Crippen LogP contribution in [0.2, 0.25) is 0 Å². The number of aromatic nitrogens is 1. The van der Waals surface area contributed by atoms with Crippen molar-refractivity contribution in [3.8, 4) is 5.75 Å². The van der Waals surface area contributed by atoms with Crippen LogP contribution < -0.4 is 4.74 Å². The second kappa shape index (κ2) is 4.80. The molecular formula is C12H12ClNO. The zero-order chi connectivity index (χ0) is 9.97. The van der Waals surface area contributed by atoms with Crippen LogP contribution in [0.5, 0.6) is 5.75 Å². The Kier molecular flexibility index (Phi) is 3.69. The summed E-state index contributed by atoms with van der Waals surface area (Å²) >= 11 is 0. The van der Waals surface area contributed by atoms with E-state index in [0.717, 1.165) is 22.3 Å². The van der Waals surface area contributed by atoms with Crippen molar-refractivity contribution in [3.63, 3.8) is 0 Å². The fourth-order valence-electron chi connectivity index (χ4n) is 1.46. The van der Waals surface area contributed by atoms with Crippen LogP contribution in [-0.2, 0) is 0 Å². The normalized spacial score (nSPS) is 9.40. The van der Waals surface area contributed by atoms with Crippen molar-refractivity contribution in [1.29, 1.82) is 0 Å². The van der Waals surface area contributed by atoms with Crippen LogP contribution in [0.15, 0.2) is 43.2 Å². The Hall–Kier alpha value is -1.54. The van der Waals surface area contributed by atoms with Gasteiger partial charge in [-0.2, -0.15) is 0 Å². The van der Waals surface area contributed by atoms with Gasteiger partial charge in [0.25, 0.3) is 0 Å². The summed E-state index contributed by atoms with van der Waals surface area (Å²) in [5.41, 5.74) is 1.89. The lowest BCUT2D eigenvalue weighted by molar-refractivity contribution is 0.488. The Morgan fingerprint density at radius 3 is 2.80 bits per heavy atom. The molecule has 0 unspecified atom stereocenters. The van der Waals surface area contributed by atoms with Gasteiger partial charge in [-0.15, -0.1) is 12.4 Å². The topological polar surface area (TPSA) is 22.1 Å². The molecule has 1 heterocycles. The SMILES string of the molecule is C=COc1cc(C)nc2ccccc12.Cl. The zero-order valence-corrected chi connectivity index (χ0v) is 9.25. The first-order chi connectivity index (χ1) is 6.81. The Balaban J connectivity index is 0.00000112. The minimum absolute atomic E-state index is 0. The Morgan fingerprint density at radius 1 is 1.33 bits per heavy atom. The first kappa shape index (κ1) is 11.5. The van der Waals surface area contributed by atoms with E-state index in [-0.39, 0.29) is 12.4 Å². The Labute approximate surface area is 95.0 Å². The molecule has 0 aliphatic heterocycles. The van der Waals surface area contributed by atoms with E-state index in [1.165, 1.54) is 6.26 Å². The number of aryl methyl sites for hydroxylation is 1. The van der Waals surface area contributed by atoms with Crippen molar-refractivity contribution in [2.45, 2.75) is 6.92 Å². The molecule has 3 heteroatoms. The Bertz CT molecular complexity index is 482. The highest BCUT2D eigenvalue weighted by molar-refractivity contribution is 5.85. The van der Waals surface area contributed by atoms with Gasteiger partial charge in [0.15, 0.2) is 0 Å². The fourth-order valence-corrected chi connectivity index (χ4v) is 1.46. The second-order valence-corrected chi connectivity index (χ2v) is 3.06. The van der Waals surface area contributed by atoms with Gasteiger partial charge in [0.05, 0.1) is 11.8 Å². The lowest BCUT2D eigenvalue weighted by Crippen LogP contribution is -1.88. The maximum Gasteiger partial charge on any atom is 0.137 e. The summed E-state index contributed by atoms with van der Waals surface area (Å²) in [4.78, 5) is 4.40. The molecule has 0 aliphatic carbocycles. The highest BCUT2D eigenvalue weighted by Crippen LogP contribution is 2.24. The number of halogens is 1. The quantitative estimate of drug-likeness (QED) is 0.725. The number of pyridine rings is 1. The fraction of sp³-hybridized carbons (Fsp3) is 0.0833. The number of ether oxygens (including phenoxy) is 1. The molecule has 15 heavy (non-hydrogen) atoms. The maximum absolute atomic E-state index is 5.32. The summed E-state index contributed by atoms with van der Waals surface area (Å²) in [5.74, 6) is 0.808. The summed E-state index contributed by atoms with van der Waals surface area (Å²) in [6.07, 6.45) is 1.43. The van der Waals surface area contributed by atoms with Gasteiger partial charge in [-0.25, -0.2) is 0 Å². The number of nitrogens with zero attached hydrogens (tertiary/aromatic N) is 1. The molecule has 0 amide bonds. The van der Waals surface area contributed by atoms with Crippen LogP contribution in [0, 0.1) is 6.92 Å². The average Bonchev–Trinajstić information content (AvgIpc) is 2.18. The number of hydrogen-bond acceptors (Lipinski definition) is 2. The molecule has 1 aromatic carbocycles. The zero-order valence-electron chi connectivity index (χ0n) is 8.43. The third-order valence-electron chi connectivity index (χ3n) is 2.02. The molecule has 0 spiro atoms. The predicted octanol–water partition coefficient (Wildman–Crippen LogP) is 3.49. The summed E-state index contributed by atoms with van der Waals surface area (Å²) < 4.78 is 5.32. The van der Waals surface area contributed by atoms with Gasteiger partial charge in [0.1, 0.15) is 5.75 Å². The van der Waals surface area contributed by atoms with E-state index in [1.807, 2.05) is 37.3 Å². The second-order valence-electron chi connectivity index (χ2n) is 3.06. The van der Waals surface area contributed by atoms with Crippen molar-refractivity contribution in [1.82, 2.24) is 4.98 Å². The standard InChI is InChI=1S/C12H11NO.ClH/c1-3-14-12-8-9(2)13-11-7-5-4-6-10(11)12;/h3-8H,1H2,2H3;1H. The van der Waals surface area contributed by atoms with Gasteiger partial charge in [0, 0.05) is 17.1 Å². The minimum Gasteiger partial charge on any atom is -0.465 e. The molecule has 0 saturated heterocycles. The molecule has 78 valence electrons. The summed E-state index contributed by atoms with van der Waals surface area (Å²) in [5, 5.41) is 1.01. The third kappa shape index (κ3) is 2.28. The van der Waals surface area contributed by atoms with E-state index in [9.17, 15) is 0 Å². The van der Waals surface area contributed by atoms with Crippen LogP contribution in [0.25, 0.3) is 10.9 Å². The minimum atomic E-state index is 0. The van der Waals surface area contributed by atoms with E-state index < -0.39 is 0 Å². The van der Waals surface area contributed by atoms with Crippen LogP contribution in [0.4, 0.5) is 0 Å². The van der Waals surface area contributed by atoms with Crippen LogP contribution >= 0.6 is 12.4 Å². The molecule has 0 bridgehead atoms. The van der Waals surface area contributed by atoms with Crippen molar-refractivity contribution in [2.75, 3.05) is 0 Å². The molecule has 2 aromatic rings. The lowest BCUT2D eigenvalue weighted by Gasteiger charge is -2.05. The Morgan fingerprint density at radius 2 is 2.07 bits per heavy atom. The van der Waals surface area contributed by atoms with Gasteiger partial charge < -0.3 is 4.74 Å². The molecule has 0 aliphatic rings. The molecule has 0 radical (unpaired) electrons. The molecule has 1 aromatic heterocycles. The van der Waals surface area contributed by atoms with Crippen molar-refractivity contribution in [2.24, 2.45) is 0 Å². The smallest absolute Gasteiger partial charge is 0.137 e. The first-order valence-corrected chi connectivity index (χ1v) is 4.45. The highest BCUT2D eigenvalue weighted by atomic mass is 35.5. The summed E-state index contributed by atoms with van der Waals surface area (Å²) in [6, 6.07) is 9.80. The highest BCUT2D eigenvalue weighted by Gasteiger charge is 2.02. The van der Waals surface area contributed by atoms with E-state index in [0.29, 0.717) is 0 Å².